The summed E-state index contributed by atoms with van der Waals surface area (Å²) >= 11 is 7.16. The van der Waals surface area contributed by atoms with Gasteiger partial charge in [0.15, 0.2) is 0 Å². The Kier molecular flexibility index (Phi) is 5.34. The van der Waals surface area contributed by atoms with Gasteiger partial charge in [0.2, 0.25) is 11.0 Å². The van der Waals surface area contributed by atoms with Crippen molar-refractivity contribution in [3.05, 3.63) is 69.2 Å². The van der Waals surface area contributed by atoms with Crippen molar-refractivity contribution in [1.29, 1.82) is 0 Å². The van der Waals surface area contributed by atoms with Gasteiger partial charge in [0, 0.05) is 35.2 Å². The molecule has 2 aromatic carbocycles. The Bertz CT molecular complexity index is 1080. The molecule has 0 saturated carbocycles. The van der Waals surface area contributed by atoms with Crippen molar-refractivity contribution in [3.8, 4) is 0 Å². The smallest absolute Gasteiger partial charge is 0.257 e. The van der Waals surface area contributed by atoms with Crippen molar-refractivity contribution in [2.75, 3.05) is 16.8 Å². The molecule has 1 aromatic heterocycles. The average molecular weight is 427 g/mol. The molecule has 3 aromatic rings. The molecule has 8 heteroatoms. The van der Waals surface area contributed by atoms with Crippen LogP contribution in [0.15, 0.2) is 42.5 Å². The fraction of sp³-hybridized carbons (Fsp3) is 0.238. The zero-order valence-electron chi connectivity index (χ0n) is 16.0. The number of halogens is 1. The van der Waals surface area contributed by atoms with E-state index in [2.05, 4.69) is 22.4 Å². The minimum Gasteiger partial charge on any atom is -0.312 e. The van der Waals surface area contributed by atoms with E-state index in [4.69, 9.17) is 11.6 Å². The standard InChI is InChI=1S/C21H19ClN4O2S/c1-12-3-8-17(9-13(12)2)26-11-15(10-18(26)27)20-24-25-21(29-20)23-19(28)14-4-6-16(22)7-5-14/h3-9,15H,10-11H2,1-2H3,(H,23,25,28). The van der Waals surface area contributed by atoms with Gasteiger partial charge in [0.05, 0.1) is 0 Å². The molecule has 0 aliphatic carbocycles. The molecule has 1 fully saturated rings. The number of hydrogen-bond donors (Lipinski definition) is 1. The van der Waals surface area contributed by atoms with E-state index < -0.39 is 0 Å². The largest absolute Gasteiger partial charge is 0.312 e. The highest BCUT2D eigenvalue weighted by molar-refractivity contribution is 7.15. The highest BCUT2D eigenvalue weighted by atomic mass is 35.5. The summed E-state index contributed by atoms with van der Waals surface area (Å²) in [5.41, 5.74) is 3.74. The Morgan fingerprint density at radius 1 is 1.14 bits per heavy atom. The highest BCUT2D eigenvalue weighted by Gasteiger charge is 2.34. The second-order valence-electron chi connectivity index (χ2n) is 7.08. The molecule has 1 atom stereocenters. The predicted octanol–water partition coefficient (Wildman–Crippen LogP) is 4.58. The summed E-state index contributed by atoms with van der Waals surface area (Å²) in [6.07, 6.45) is 0.382. The van der Waals surface area contributed by atoms with Gasteiger partial charge in [0.25, 0.3) is 5.91 Å². The fourth-order valence-corrected chi connectivity index (χ4v) is 4.19. The maximum absolute atomic E-state index is 12.6. The third kappa shape index (κ3) is 4.16. The normalized spacial score (nSPS) is 16.3. The molecule has 1 aliphatic rings. The average Bonchev–Trinajstić information content (AvgIpc) is 3.31. The second kappa shape index (κ2) is 7.93. The third-order valence-corrected chi connectivity index (χ3v) is 6.30. The van der Waals surface area contributed by atoms with Gasteiger partial charge in [-0.3, -0.25) is 14.9 Å². The number of anilines is 2. The molecule has 148 valence electrons. The van der Waals surface area contributed by atoms with Gasteiger partial charge < -0.3 is 4.90 Å². The molecule has 6 nitrogen and oxygen atoms in total. The van der Waals surface area contributed by atoms with Crippen LogP contribution in [-0.2, 0) is 4.79 Å². The predicted molar refractivity (Wildman–Crippen MR) is 115 cm³/mol. The zero-order valence-corrected chi connectivity index (χ0v) is 17.5. The van der Waals surface area contributed by atoms with Crippen LogP contribution in [0.5, 0.6) is 0 Å². The maximum Gasteiger partial charge on any atom is 0.257 e. The third-order valence-electron chi connectivity index (χ3n) is 5.04. The number of carbonyl (C=O) groups excluding carboxylic acids is 2. The van der Waals surface area contributed by atoms with E-state index in [0.717, 1.165) is 16.3 Å². The van der Waals surface area contributed by atoms with Crippen LogP contribution in [0.4, 0.5) is 10.8 Å². The molecule has 1 saturated heterocycles. The summed E-state index contributed by atoms with van der Waals surface area (Å²) in [7, 11) is 0. The van der Waals surface area contributed by atoms with Crippen molar-refractivity contribution < 1.29 is 9.59 Å². The highest BCUT2D eigenvalue weighted by Crippen LogP contribution is 2.34. The van der Waals surface area contributed by atoms with Crippen molar-refractivity contribution >= 4 is 45.6 Å². The van der Waals surface area contributed by atoms with Crippen LogP contribution in [0.1, 0.15) is 38.8 Å². The van der Waals surface area contributed by atoms with Crippen molar-refractivity contribution in [2.45, 2.75) is 26.2 Å². The first-order valence-electron chi connectivity index (χ1n) is 9.18. The van der Waals surface area contributed by atoms with Crippen molar-refractivity contribution in [2.24, 2.45) is 0 Å². The number of nitrogens with zero attached hydrogens (tertiary/aromatic N) is 3. The number of amides is 2. The molecule has 2 amide bonds. The topological polar surface area (TPSA) is 75.2 Å². The van der Waals surface area contributed by atoms with E-state index in [-0.39, 0.29) is 17.7 Å². The van der Waals surface area contributed by atoms with Gasteiger partial charge in [0.1, 0.15) is 5.01 Å². The lowest BCUT2D eigenvalue weighted by Crippen LogP contribution is -2.24. The fourth-order valence-electron chi connectivity index (χ4n) is 3.24. The molecule has 0 spiro atoms. The van der Waals surface area contributed by atoms with Gasteiger partial charge in [-0.15, -0.1) is 10.2 Å². The minimum absolute atomic E-state index is 0.0391. The summed E-state index contributed by atoms with van der Waals surface area (Å²) in [6, 6.07) is 12.7. The lowest BCUT2D eigenvalue weighted by Gasteiger charge is -2.17. The van der Waals surface area contributed by atoms with Crippen molar-refractivity contribution in [1.82, 2.24) is 10.2 Å². The van der Waals surface area contributed by atoms with Gasteiger partial charge in [-0.05, 0) is 61.4 Å². The molecule has 1 unspecified atom stereocenters. The molecular formula is C21H19ClN4O2S. The Balaban J connectivity index is 1.45. The van der Waals surface area contributed by atoms with Crippen LogP contribution in [0.2, 0.25) is 5.02 Å². The van der Waals surface area contributed by atoms with E-state index >= 15 is 0 Å². The van der Waals surface area contributed by atoms with Gasteiger partial charge in [-0.1, -0.05) is 29.0 Å². The molecule has 1 aliphatic heterocycles. The number of nitrogens with one attached hydrogen (secondary N) is 1. The van der Waals surface area contributed by atoms with E-state index in [1.54, 1.807) is 29.2 Å². The van der Waals surface area contributed by atoms with E-state index in [1.807, 2.05) is 25.1 Å². The summed E-state index contributed by atoms with van der Waals surface area (Å²) in [5, 5.41) is 12.8. The summed E-state index contributed by atoms with van der Waals surface area (Å²) < 4.78 is 0. The molecule has 29 heavy (non-hydrogen) atoms. The number of aromatic nitrogens is 2. The zero-order chi connectivity index (χ0) is 20.5. The van der Waals surface area contributed by atoms with Gasteiger partial charge in [-0.2, -0.15) is 0 Å². The Hall–Kier alpha value is -2.77. The lowest BCUT2D eigenvalue weighted by atomic mass is 10.1. The summed E-state index contributed by atoms with van der Waals surface area (Å²) in [4.78, 5) is 26.7. The van der Waals surface area contributed by atoms with Crippen molar-refractivity contribution in [3.63, 3.8) is 0 Å². The number of carbonyl (C=O) groups is 2. The molecular weight excluding hydrogens is 408 g/mol. The first-order valence-corrected chi connectivity index (χ1v) is 10.4. The Morgan fingerprint density at radius 2 is 1.90 bits per heavy atom. The van der Waals surface area contributed by atoms with Crippen LogP contribution in [0.25, 0.3) is 0 Å². The Labute approximate surface area is 177 Å². The van der Waals surface area contributed by atoms with E-state index in [9.17, 15) is 9.59 Å². The van der Waals surface area contributed by atoms with Gasteiger partial charge >= 0.3 is 0 Å². The van der Waals surface area contributed by atoms with Crippen LogP contribution in [-0.4, -0.2) is 28.6 Å². The number of benzene rings is 2. The van der Waals surface area contributed by atoms with Gasteiger partial charge in [-0.25, -0.2) is 0 Å². The monoisotopic (exact) mass is 426 g/mol. The van der Waals surface area contributed by atoms with Crippen LogP contribution < -0.4 is 10.2 Å². The van der Waals surface area contributed by atoms with Crippen LogP contribution in [0.3, 0.4) is 0 Å². The van der Waals surface area contributed by atoms with E-state index in [1.165, 1.54) is 16.9 Å². The number of rotatable bonds is 4. The quantitative estimate of drug-likeness (QED) is 0.662. The van der Waals surface area contributed by atoms with Crippen LogP contribution in [0, 0.1) is 13.8 Å². The molecule has 0 radical (unpaired) electrons. The lowest BCUT2D eigenvalue weighted by molar-refractivity contribution is -0.117. The number of hydrogen-bond acceptors (Lipinski definition) is 5. The summed E-state index contributed by atoms with van der Waals surface area (Å²) in [6.45, 7) is 4.65. The summed E-state index contributed by atoms with van der Waals surface area (Å²) in [5.74, 6) is -0.244. The first-order chi connectivity index (χ1) is 13.9. The maximum atomic E-state index is 12.6. The molecule has 2 heterocycles. The number of aryl methyl sites for hydroxylation is 2. The first kappa shape index (κ1) is 19.5. The minimum atomic E-state index is -0.274. The second-order valence-corrected chi connectivity index (χ2v) is 8.53. The van der Waals surface area contributed by atoms with E-state index in [0.29, 0.717) is 28.7 Å². The SMILES string of the molecule is Cc1ccc(N2CC(c3nnc(NC(=O)c4ccc(Cl)cc4)s3)CC2=O)cc1C. The Morgan fingerprint density at radius 3 is 2.62 bits per heavy atom. The molecule has 4 rings (SSSR count). The molecule has 1 N–H and O–H groups in total. The van der Waals surface area contributed by atoms with Crippen LogP contribution >= 0.6 is 22.9 Å². The molecule has 0 bridgehead atoms.